The van der Waals surface area contributed by atoms with E-state index in [-0.39, 0.29) is 34.6 Å². The quantitative estimate of drug-likeness (QED) is 0.307. The number of carbonyl (C=O) groups excluding carboxylic acids is 2. The van der Waals surface area contributed by atoms with Crippen LogP contribution in [0, 0.1) is 5.41 Å². The van der Waals surface area contributed by atoms with Gasteiger partial charge >= 0.3 is 0 Å². The molecule has 5 rings (SSSR count). The molecule has 1 N–H and O–H groups in total. The molecule has 43 heavy (non-hydrogen) atoms. The van der Waals surface area contributed by atoms with E-state index in [0.717, 1.165) is 62.0 Å². The van der Waals surface area contributed by atoms with Gasteiger partial charge in [0.25, 0.3) is 0 Å². The second-order valence-electron chi connectivity index (χ2n) is 11.8. The summed E-state index contributed by atoms with van der Waals surface area (Å²) in [6.07, 6.45) is 4.64. The molecule has 2 saturated heterocycles. The average molecular weight is 643 g/mol. The number of benzene rings is 3. The van der Waals surface area contributed by atoms with Crippen LogP contribution in [0.25, 0.3) is 0 Å². The van der Waals surface area contributed by atoms with Crippen molar-refractivity contribution in [2.75, 3.05) is 32.4 Å². The number of rotatable bonds is 10. The van der Waals surface area contributed by atoms with Gasteiger partial charge in [-0.25, -0.2) is 8.42 Å². The fourth-order valence-electron chi connectivity index (χ4n) is 6.17. The molecule has 3 aromatic carbocycles. The third-order valence-electron chi connectivity index (χ3n) is 8.76. The molecule has 1 unspecified atom stereocenters. The SMILES string of the molecule is CS(=O)(=O)c1ccc(CN2CCC3(CCN(CCC(NC(=O)Cc4ccc(Cl)c(Cl)c4)c4ccccc4)CC3)C2=O)cc1. The van der Waals surface area contributed by atoms with Crippen molar-refractivity contribution in [2.45, 2.75) is 49.6 Å². The van der Waals surface area contributed by atoms with Crippen LogP contribution in [0.15, 0.2) is 77.7 Å². The summed E-state index contributed by atoms with van der Waals surface area (Å²) in [5, 5.41) is 4.11. The lowest BCUT2D eigenvalue weighted by Gasteiger charge is -2.38. The van der Waals surface area contributed by atoms with E-state index in [1.54, 1.807) is 36.4 Å². The van der Waals surface area contributed by atoms with E-state index >= 15 is 0 Å². The second-order valence-corrected chi connectivity index (χ2v) is 14.6. The number of sulfone groups is 1. The van der Waals surface area contributed by atoms with E-state index in [1.807, 2.05) is 41.3 Å². The highest BCUT2D eigenvalue weighted by molar-refractivity contribution is 7.90. The van der Waals surface area contributed by atoms with E-state index in [0.29, 0.717) is 23.1 Å². The number of carbonyl (C=O) groups is 2. The van der Waals surface area contributed by atoms with Crippen molar-refractivity contribution in [1.29, 1.82) is 0 Å². The van der Waals surface area contributed by atoms with Gasteiger partial charge in [0.05, 0.1) is 32.8 Å². The molecule has 2 aliphatic rings. The molecule has 1 atom stereocenters. The van der Waals surface area contributed by atoms with Crippen molar-refractivity contribution in [1.82, 2.24) is 15.1 Å². The number of piperidine rings is 1. The van der Waals surface area contributed by atoms with Gasteiger partial charge in [-0.05, 0) is 79.7 Å². The maximum Gasteiger partial charge on any atom is 0.229 e. The van der Waals surface area contributed by atoms with Gasteiger partial charge in [-0.2, -0.15) is 0 Å². The van der Waals surface area contributed by atoms with E-state index in [1.165, 1.54) is 6.26 Å². The predicted molar refractivity (Wildman–Crippen MR) is 170 cm³/mol. The number of hydrogen-bond acceptors (Lipinski definition) is 5. The first-order chi connectivity index (χ1) is 20.5. The van der Waals surface area contributed by atoms with Crippen molar-refractivity contribution in [3.63, 3.8) is 0 Å². The minimum atomic E-state index is -3.25. The summed E-state index contributed by atoms with van der Waals surface area (Å²) >= 11 is 12.2. The Bertz CT molecular complexity index is 1560. The molecule has 0 aromatic heterocycles. The van der Waals surface area contributed by atoms with Gasteiger partial charge < -0.3 is 15.1 Å². The van der Waals surface area contributed by atoms with Crippen molar-refractivity contribution < 1.29 is 18.0 Å². The van der Waals surface area contributed by atoms with Crippen molar-refractivity contribution >= 4 is 44.9 Å². The number of halogens is 2. The van der Waals surface area contributed by atoms with Gasteiger partial charge in [-0.1, -0.05) is 71.7 Å². The topological polar surface area (TPSA) is 86.8 Å². The maximum atomic E-state index is 13.5. The van der Waals surface area contributed by atoms with E-state index in [2.05, 4.69) is 10.2 Å². The Morgan fingerprint density at radius 3 is 2.21 bits per heavy atom. The maximum absolute atomic E-state index is 13.5. The summed E-state index contributed by atoms with van der Waals surface area (Å²) in [7, 11) is -3.25. The van der Waals surface area contributed by atoms with Crippen LogP contribution in [0.1, 0.15) is 48.4 Å². The Kier molecular flexibility index (Phi) is 9.81. The molecule has 2 heterocycles. The van der Waals surface area contributed by atoms with Crippen LogP contribution in [0.2, 0.25) is 10.0 Å². The number of amides is 2. The first-order valence-corrected chi connectivity index (χ1v) is 17.3. The van der Waals surface area contributed by atoms with Crippen LogP contribution in [0.3, 0.4) is 0 Å². The molecule has 7 nitrogen and oxygen atoms in total. The molecular weight excluding hydrogens is 605 g/mol. The molecule has 2 fully saturated rings. The fourth-order valence-corrected chi connectivity index (χ4v) is 7.13. The summed E-state index contributed by atoms with van der Waals surface area (Å²) < 4.78 is 23.5. The molecule has 0 aliphatic carbocycles. The second kappa shape index (κ2) is 13.4. The lowest BCUT2D eigenvalue weighted by molar-refractivity contribution is -0.139. The molecule has 2 aliphatic heterocycles. The minimum Gasteiger partial charge on any atom is -0.349 e. The van der Waals surface area contributed by atoms with Crippen molar-refractivity contribution in [3.8, 4) is 0 Å². The summed E-state index contributed by atoms with van der Waals surface area (Å²) in [6.45, 7) is 3.69. The minimum absolute atomic E-state index is 0.0764. The van der Waals surface area contributed by atoms with Crippen molar-refractivity contribution in [2.24, 2.45) is 5.41 Å². The monoisotopic (exact) mass is 641 g/mol. The summed E-state index contributed by atoms with van der Waals surface area (Å²) in [5.74, 6) is 0.128. The van der Waals surface area contributed by atoms with Crippen LogP contribution in [-0.2, 0) is 32.4 Å². The predicted octanol–water partition coefficient (Wildman–Crippen LogP) is 5.70. The van der Waals surface area contributed by atoms with Gasteiger partial charge in [-0.3, -0.25) is 9.59 Å². The van der Waals surface area contributed by atoms with Crippen LogP contribution < -0.4 is 5.32 Å². The number of hydrogen-bond donors (Lipinski definition) is 1. The molecule has 0 bridgehead atoms. The highest BCUT2D eigenvalue weighted by Gasteiger charge is 2.47. The third kappa shape index (κ3) is 7.79. The Balaban J connectivity index is 1.15. The number of nitrogens with zero attached hydrogens (tertiary/aromatic N) is 2. The Hall–Kier alpha value is -2.91. The van der Waals surface area contributed by atoms with Gasteiger partial charge in [-0.15, -0.1) is 0 Å². The summed E-state index contributed by atoms with van der Waals surface area (Å²) in [4.78, 5) is 31.1. The van der Waals surface area contributed by atoms with Crippen LogP contribution in [0.4, 0.5) is 0 Å². The summed E-state index contributed by atoms with van der Waals surface area (Å²) in [6, 6.07) is 21.9. The molecule has 1 spiro atoms. The Labute approximate surface area is 264 Å². The molecular formula is C33H37Cl2N3O4S. The normalized spacial score (nSPS) is 17.7. The lowest BCUT2D eigenvalue weighted by Crippen LogP contribution is -2.45. The van der Waals surface area contributed by atoms with Crippen LogP contribution >= 0.6 is 23.2 Å². The van der Waals surface area contributed by atoms with E-state index in [9.17, 15) is 18.0 Å². The van der Waals surface area contributed by atoms with Gasteiger partial charge in [0.15, 0.2) is 9.84 Å². The molecule has 3 aromatic rings. The molecule has 228 valence electrons. The molecule has 2 amide bonds. The molecule has 0 radical (unpaired) electrons. The van der Waals surface area contributed by atoms with E-state index < -0.39 is 9.84 Å². The highest BCUT2D eigenvalue weighted by atomic mass is 35.5. The Morgan fingerprint density at radius 2 is 1.56 bits per heavy atom. The first kappa shape index (κ1) is 31.5. The zero-order valence-corrected chi connectivity index (χ0v) is 26.6. The lowest BCUT2D eigenvalue weighted by atomic mass is 9.77. The zero-order valence-electron chi connectivity index (χ0n) is 24.3. The Morgan fingerprint density at radius 1 is 0.907 bits per heavy atom. The van der Waals surface area contributed by atoms with Gasteiger partial charge in [0, 0.05) is 25.9 Å². The van der Waals surface area contributed by atoms with Crippen molar-refractivity contribution in [3.05, 3.63) is 99.5 Å². The standard InChI is InChI=1S/C33H37Cl2N3O4S/c1-43(41,42)27-10-7-24(8-11-27)23-38-20-16-33(32(38)40)14-18-37(19-15-33)17-13-30(26-5-3-2-4-6-26)36-31(39)22-25-9-12-28(34)29(35)21-25/h2-12,21,30H,13-20,22-23H2,1H3,(H,36,39). The number of likely N-dealkylation sites (tertiary alicyclic amines) is 2. The van der Waals surface area contributed by atoms with Gasteiger partial charge in [0.2, 0.25) is 11.8 Å². The van der Waals surface area contributed by atoms with Crippen LogP contribution in [-0.4, -0.2) is 62.5 Å². The number of nitrogens with one attached hydrogen (secondary N) is 1. The van der Waals surface area contributed by atoms with E-state index in [4.69, 9.17) is 23.2 Å². The highest BCUT2D eigenvalue weighted by Crippen LogP contribution is 2.42. The smallest absolute Gasteiger partial charge is 0.229 e. The third-order valence-corrected chi connectivity index (χ3v) is 10.6. The average Bonchev–Trinajstić information content (AvgIpc) is 3.28. The van der Waals surface area contributed by atoms with Crippen LogP contribution in [0.5, 0.6) is 0 Å². The van der Waals surface area contributed by atoms with Gasteiger partial charge in [0.1, 0.15) is 0 Å². The molecule has 0 saturated carbocycles. The molecule has 10 heteroatoms. The fraction of sp³-hybridized carbons (Fsp3) is 0.394. The first-order valence-electron chi connectivity index (χ1n) is 14.6. The zero-order chi connectivity index (χ0) is 30.6. The largest absolute Gasteiger partial charge is 0.349 e. The summed E-state index contributed by atoms with van der Waals surface area (Å²) in [5.41, 5.74) is 2.48.